The van der Waals surface area contributed by atoms with Crippen LogP contribution in [0.1, 0.15) is 36.0 Å². The first-order valence-corrected chi connectivity index (χ1v) is 10.3. The molecule has 6 nitrogen and oxygen atoms in total. The molecule has 0 aliphatic carbocycles. The van der Waals surface area contributed by atoms with Crippen molar-refractivity contribution in [1.29, 1.82) is 0 Å². The highest BCUT2D eigenvalue weighted by atomic mass is 19.3. The van der Waals surface area contributed by atoms with Gasteiger partial charge in [0, 0.05) is 25.7 Å². The SMILES string of the molecule is O=C(c1ccccc1OC(F)(F)C(F)F)N1C[C@@H]2C[C@H](C1)[C@@H]1CCCCN1C2.O=CO. The molecule has 1 N–H and O–H groups in total. The van der Waals surface area contributed by atoms with Gasteiger partial charge in [-0.05, 0) is 49.8 Å². The highest BCUT2D eigenvalue weighted by Crippen LogP contribution is 2.38. The van der Waals surface area contributed by atoms with Gasteiger partial charge in [-0.25, -0.2) is 0 Å². The molecule has 3 aliphatic rings. The molecule has 3 fully saturated rings. The minimum atomic E-state index is -4.64. The quantitative estimate of drug-likeness (QED) is 0.566. The van der Waals surface area contributed by atoms with Crippen molar-refractivity contribution in [3.05, 3.63) is 29.8 Å². The van der Waals surface area contributed by atoms with E-state index in [1.54, 1.807) is 4.90 Å². The Morgan fingerprint density at radius 3 is 2.61 bits per heavy atom. The van der Waals surface area contributed by atoms with Crippen molar-refractivity contribution in [2.24, 2.45) is 11.8 Å². The molecule has 1 aromatic rings. The third kappa shape index (κ3) is 5.28. The van der Waals surface area contributed by atoms with Gasteiger partial charge in [-0.3, -0.25) is 14.5 Å². The molecule has 0 saturated carbocycles. The smallest absolute Gasteiger partial charge is 0.461 e. The maximum absolute atomic E-state index is 13.4. The van der Waals surface area contributed by atoms with Crippen LogP contribution in [0.4, 0.5) is 17.6 Å². The summed E-state index contributed by atoms with van der Waals surface area (Å²) in [7, 11) is 0. The largest absolute Gasteiger partial charge is 0.483 e. The number of benzene rings is 1. The molecule has 1 aromatic carbocycles. The molecule has 2 bridgehead atoms. The maximum Gasteiger partial charge on any atom is 0.461 e. The van der Waals surface area contributed by atoms with Gasteiger partial charge in [0.25, 0.3) is 12.4 Å². The van der Waals surface area contributed by atoms with Gasteiger partial charge in [0.1, 0.15) is 5.75 Å². The molecule has 0 spiro atoms. The predicted molar refractivity (Wildman–Crippen MR) is 103 cm³/mol. The van der Waals surface area contributed by atoms with E-state index in [4.69, 9.17) is 9.90 Å². The van der Waals surface area contributed by atoms with Crippen LogP contribution in [0.3, 0.4) is 0 Å². The fraction of sp³-hybridized carbons (Fsp3) is 0.619. The first-order chi connectivity index (χ1) is 14.8. The fourth-order valence-electron chi connectivity index (χ4n) is 5.03. The molecule has 0 unspecified atom stereocenters. The molecule has 10 heteroatoms. The molecule has 3 atom stereocenters. The van der Waals surface area contributed by atoms with Crippen LogP contribution in [0.25, 0.3) is 0 Å². The normalized spacial score (nSPS) is 25.8. The van der Waals surface area contributed by atoms with Gasteiger partial charge >= 0.3 is 12.5 Å². The minimum Gasteiger partial charge on any atom is -0.483 e. The van der Waals surface area contributed by atoms with E-state index in [1.807, 2.05) is 0 Å². The van der Waals surface area contributed by atoms with Crippen LogP contribution < -0.4 is 4.74 Å². The molecule has 172 valence electrons. The summed E-state index contributed by atoms with van der Waals surface area (Å²) in [5.41, 5.74) is -0.0942. The molecule has 0 aromatic heterocycles. The lowest BCUT2D eigenvalue weighted by molar-refractivity contribution is -0.253. The van der Waals surface area contributed by atoms with Gasteiger partial charge in [-0.2, -0.15) is 17.6 Å². The molecular weight excluding hydrogens is 420 g/mol. The van der Waals surface area contributed by atoms with E-state index >= 15 is 0 Å². The average molecular weight is 446 g/mol. The summed E-state index contributed by atoms with van der Waals surface area (Å²) in [5.74, 6) is -0.215. The van der Waals surface area contributed by atoms with E-state index in [0.29, 0.717) is 31.0 Å². The number of rotatable bonds is 4. The number of carboxylic acid groups (broad SMARTS) is 1. The predicted octanol–water partition coefficient (Wildman–Crippen LogP) is 3.57. The zero-order chi connectivity index (χ0) is 22.6. The Hall–Kier alpha value is -2.36. The van der Waals surface area contributed by atoms with Crippen LogP contribution in [0, 0.1) is 11.8 Å². The van der Waals surface area contributed by atoms with Gasteiger partial charge in [-0.1, -0.05) is 18.6 Å². The number of para-hydroxylation sites is 1. The second-order valence-corrected chi connectivity index (χ2v) is 8.20. The van der Waals surface area contributed by atoms with Crippen LogP contribution in [0.15, 0.2) is 24.3 Å². The van der Waals surface area contributed by atoms with Crippen LogP contribution in [0.5, 0.6) is 5.75 Å². The molecule has 3 heterocycles. The number of hydrogen-bond acceptors (Lipinski definition) is 4. The summed E-state index contributed by atoms with van der Waals surface area (Å²) in [6, 6.07) is 5.87. The minimum absolute atomic E-state index is 0.0942. The Bertz CT molecular complexity index is 780. The average Bonchev–Trinajstić information content (AvgIpc) is 2.73. The number of amides is 1. The van der Waals surface area contributed by atoms with Crippen LogP contribution in [-0.2, 0) is 4.79 Å². The van der Waals surface area contributed by atoms with E-state index in [9.17, 15) is 22.4 Å². The van der Waals surface area contributed by atoms with Gasteiger partial charge < -0.3 is 14.7 Å². The zero-order valence-electron chi connectivity index (χ0n) is 16.9. The number of piperidine rings is 3. The lowest BCUT2D eigenvalue weighted by Gasteiger charge is -2.52. The molecule has 3 saturated heterocycles. The topological polar surface area (TPSA) is 70.1 Å². The van der Waals surface area contributed by atoms with Gasteiger partial charge in [-0.15, -0.1) is 0 Å². The Morgan fingerprint density at radius 1 is 1.19 bits per heavy atom. The van der Waals surface area contributed by atoms with Crippen molar-refractivity contribution in [2.45, 2.75) is 44.3 Å². The fourth-order valence-corrected chi connectivity index (χ4v) is 5.03. The highest BCUT2D eigenvalue weighted by Gasteiger charge is 2.46. The summed E-state index contributed by atoms with van der Waals surface area (Å²) in [5, 5.41) is 6.89. The Kier molecular flexibility index (Phi) is 7.40. The standard InChI is InChI=1S/C20H24F4N2O2.CH2O2/c21-19(22)20(23,24)28-17-7-2-1-5-15(17)18(27)26-11-13-9-14(12-26)16-6-3-4-8-25(16)10-13;2-1-3/h1-2,5,7,13-14,16,19H,3-4,6,8-12H2;1H,(H,2,3)/t13-,14-,16+;/m1./s1. The number of hydrogen-bond donors (Lipinski definition) is 1. The number of halogens is 4. The highest BCUT2D eigenvalue weighted by molar-refractivity contribution is 5.97. The Labute approximate surface area is 177 Å². The number of likely N-dealkylation sites (tertiary alicyclic amines) is 1. The summed E-state index contributed by atoms with van der Waals surface area (Å²) in [4.78, 5) is 25.6. The van der Waals surface area contributed by atoms with Crippen molar-refractivity contribution in [3.63, 3.8) is 0 Å². The number of ether oxygens (including phenoxy) is 1. The third-order valence-electron chi connectivity index (χ3n) is 6.18. The van der Waals surface area contributed by atoms with Crippen molar-refractivity contribution in [3.8, 4) is 5.75 Å². The van der Waals surface area contributed by atoms with Crippen LogP contribution >= 0.6 is 0 Å². The molecule has 31 heavy (non-hydrogen) atoms. The van der Waals surface area contributed by atoms with Crippen molar-refractivity contribution in [1.82, 2.24) is 9.80 Å². The van der Waals surface area contributed by atoms with Crippen LogP contribution in [-0.4, -0.2) is 72.0 Å². The maximum atomic E-state index is 13.4. The monoisotopic (exact) mass is 446 g/mol. The number of carbonyl (C=O) groups is 2. The van der Waals surface area contributed by atoms with Crippen molar-refractivity contribution < 1.29 is 37.0 Å². The summed E-state index contributed by atoms with van der Waals surface area (Å²) in [6.07, 6.45) is -4.01. The second kappa shape index (κ2) is 9.84. The van der Waals surface area contributed by atoms with Crippen molar-refractivity contribution >= 4 is 12.4 Å². The Morgan fingerprint density at radius 2 is 1.90 bits per heavy atom. The van der Waals surface area contributed by atoms with E-state index in [1.165, 1.54) is 31.0 Å². The van der Waals surface area contributed by atoms with E-state index in [2.05, 4.69) is 9.64 Å². The van der Waals surface area contributed by atoms with Crippen molar-refractivity contribution in [2.75, 3.05) is 26.2 Å². The van der Waals surface area contributed by atoms with Gasteiger partial charge in [0.15, 0.2) is 0 Å². The molecular formula is C21H26F4N2O4. The second-order valence-electron chi connectivity index (χ2n) is 8.20. The van der Waals surface area contributed by atoms with E-state index in [0.717, 1.165) is 32.0 Å². The zero-order valence-corrected chi connectivity index (χ0v) is 16.9. The number of carbonyl (C=O) groups excluding carboxylic acids is 1. The van der Waals surface area contributed by atoms with Gasteiger partial charge in [0.05, 0.1) is 5.56 Å². The lowest BCUT2D eigenvalue weighted by Crippen LogP contribution is -2.59. The number of alkyl halides is 4. The number of fused-ring (bicyclic) bond motifs is 4. The summed E-state index contributed by atoms with van der Waals surface area (Å²) < 4.78 is 56.1. The summed E-state index contributed by atoms with van der Waals surface area (Å²) in [6.45, 7) is 2.92. The van der Waals surface area contributed by atoms with E-state index in [-0.39, 0.29) is 12.0 Å². The molecule has 1 amide bonds. The molecule has 3 aliphatic heterocycles. The first kappa shape index (κ1) is 23.3. The third-order valence-corrected chi connectivity index (χ3v) is 6.18. The van der Waals surface area contributed by atoms with Gasteiger partial charge in [0.2, 0.25) is 0 Å². The van der Waals surface area contributed by atoms with E-state index < -0.39 is 24.2 Å². The molecule has 0 radical (unpaired) electrons. The number of nitrogens with zero attached hydrogens (tertiary/aromatic N) is 2. The Balaban J connectivity index is 0.000000858. The summed E-state index contributed by atoms with van der Waals surface area (Å²) >= 11 is 0. The molecule has 4 rings (SSSR count). The first-order valence-electron chi connectivity index (χ1n) is 10.3. The lowest BCUT2D eigenvalue weighted by atomic mass is 9.76. The van der Waals surface area contributed by atoms with Crippen LogP contribution in [0.2, 0.25) is 0 Å².